The third-order valence-corrected chi connectivity index (χ3v) is 5.57. The van der Waals surface area contributed by atoms with E-state index in [4.69, 9.17) is 0 Å². The molecule has 0 aliphatic carbocycles. The molecular weight excluding hydrogens is 357 g/mol. The van der Waals surface area contributed by atoms with Crippen LogP contribution < -0.4 is 4.72 Å². The van der Waals surface area contributed by atoms with Gasteiger partial charge in [-0.2, -0.15) is 0 Å². The van der Waals surface area contributed by atoms with Gasteiger partial charge in [0, 0.05) is 25.7 Å². The second-order valence-corrected chi connectivity index (χ2v) is 8.63. The number of hydrogen-bond donors (Lipinski definition) is 1. The number of piperidine rings is 1. The van der Waals surface area contributed by atoms with E-state index in [9.17, 15) is 17.6 Å². The molecule has 0 spiro atoms. The smallest absolute Gasteiger partial charge is 0.237 e. The molecule has 8 heteroatoms. The summed E-state index contributed by atoms with van der Waals surface area (Å²) in [4.78, 5) is 16.6. The van der Waals surface area contributed by atoms with Gasteiger partial charge in [0.25, 0.3) is 0 Å². The Hall–Kier alpha value is -1.51. The molecule has 2 rings (SSSR count). The van der Waals surface area contributed by atoms with Gasteiger partial charge in [0.05, 0.1) is 18.8 Å². The molecule has 1 aromatic carbocycles. The van der Waals surface area contributed by atoms with Crippen molar-refractivity contribution in [1.82, 2.24) is 14.5 Å². The maximum Gasteiger partial charge on any atom is 0.237 e. The molecule has 146 valence electrons. The first-order chi connectivity index (χ1) is 12.2. The summed E-state index contributed by atoms with van der Waals surface area (Å²) < 4.78 is 38.4. The Kier molecular flexibility index (Phi) is 7.14. The highest BCUT2D eigenvalue weighted by Crippen LogP contribution is 2.21. The highest BCUT2D eigenvalue weighted by Gasteiger charge is 2.26. The summed E-state index contributed by atoms with van der Waals surface area (Å²) in [6.07, 6.45) is 2.55. The van der Waals surface area contributed by atoms with Gasteiger partial charge in [0.15, 0.2) is 0 Å². The zero-order chi connectivity index (χ0) is 19.3. The van der Waals surface area contributed by atoms with Crippen molar-refractivity contribution in [1.29, 1.82) is 0 Å². The van der Waals surface area contributed by atoms with E-state index in [1.54, 1.807) is 17.0 Å². The zero-order valence-electron chi connectivity index (χ0n) is 15.6. The Morgan fingerprint density at radius 1 is 1.31 bits per heavy atom. The number of rotatable bonds is 7. The topological polar surface area (TPSA) is 69.7 Å². The van der Waals surface area contributed by atoms with Crippen molar-refractivity contribution in [2.24, 2.45) is 0 Å². The highest BCUT2D eigenvalue weighted by atomic mass is 32.2. The molecular formula is C18H28FN3O3S. The number of hydrogen-bond acceptors (Lipinski definition) is 4. The lowest BCUT2D eigenvalue weighted by molar-refractivity contribution is -0.134. The van der Waals surface area contributed by atoms with Gasteiger partial charge in [-0.3, -0.25) is 9.69 Å². The van der Waals surface area contributed by atoms with Gasteiger partial charge in [0.1, 0.15) is 5.82 Å². The maximum atomic E-state index is 13.1. The predicted octanol–water partition coefficient (Wildman–Crippen LogP) is 1.75. The van der Waals surface area contributed by atoms with Crippen molar-refractivity contribution >= 4 is 15.9 Å². The summed E-state index contributed by atoms with van der Waals surface area (Å²) >= 11 is 0. The van der Waals surface area contributed by atoms with Crippen molar-refractivity contribution in [2.75, 3.05) is 32.4 Å². The Morgan fingerprint density at radius 3 is 2.38 bits per heavy atom. The Balaban J connectivity index is 1.90. The van der Waals surface area contributed by atoms with Crippen molar-refractivity contribution in [3.8, 4) is 0 Å². The number of carbonyl (C=O) groups excluding carboxylic acids is 1. The van der Waals surface area contributed by atoms with E-state index in [0.717, 1.165) is 5.56 Å². The van der Waals surface area contributed by atoms with Crippen LogP contribution in [0.1, 0.15) is 38.3 Å². The van der Waals surface area contributed by atoms with Gasteiger partial charge in [-0.05, 0) is 44.4 Å². The van der Waals surface area contributed by atoms with Crippen LogP contribution in [0.3, 0.4) is 0 Å². The van der Waals surface area contributed by atoms with E-state index in [2.05, 4.69) is 9.62 Å². The lowest BCUT2D eigenvalue weighted by Crippen LogP contribution is -2.48. The number of nitrogens with one attached hydrogen (secondary N) is 1. The van der Waals surface area contributed by atoms with Crippen molar-refractivity contribution < 1.29 is 17.6 Å². The fraction of sp³-hybridized carbons (Fsp3) is 0.611. The number of halogens is 1. The van der Waals surface area contributed by atoms with Crippen molar-refractivity contribution in [3.63, 3.8) is 0 Å². The monoisotopic (exact) mass is 385 g/mol. The van der Waals surface area contributed by atoms with Gasteiger partial charge in [-0.1, -0.05) is 12.1 Å². The molecule has 0 aromatic heterocycles. The molecule has 1 atom stereocenters. The average molecular weight is 386 g/mol. The van der Waals surface area contributed by atoms with E-state index in [-0.39, 0.29) is 23.8 Å². The van der Waals surface area contributed by atoms with E-state index in [0.29, 0.717) is 39.0 Å². The summed E-state index contributed by atoms with van der Waals surface area (Å²) in [6.45, 7) is 6.12. The van der Waals surface area contributed by atoms with Crippen LogP contribution >= 0.6 is 0 Å². The number of likely N-dealkylation sites (N-methyl/N-ethyl adjacent to an activating group) is 1. The van der Waals surface area contributed by atoms with Crippen LogP contribution in [-0.2, 0) is 14.8 Å². The number of amides is 1. The molecule has 0 saturated carbocycles. The molecule has 1 aromatic rings. The third-order valence-electron chi connectivity index (χ3n) is 4.81. The van der Waals surface area contributed by atoms with Gasteiger partial charge in [0.2, 0.25) is 15.9 Å². The SMILES string of the molecule is CCN(C(=O)CN1CCC(NS(C)(=O)=O)CC1)C(C)c1ccc(F)cc1. The molecule has 0 radical (unpaired) electrons. The Labute approximate surface area is 155 Å². The second-order valence-electron chi connectivity index (χ2n) is 6.85. The summed E-state index contributed by atoms with van der Waals surface area (Å²) in [7, 11) is -3.20. The first kappa shape index (κ1) is 20.8. The van der Waals surface area contributed by atoms with Gasteiger partial charge in [-0.25, -0.2) is 17.5 Å². The van der Waals surface area contributed by atoms with Crippen molar-refractivity contribution in [2.45, 2.75) is 38.8 Å². The third kappa shape index (κ3) is 6.03. The lowest BCUT2D eigenvalue weighted by Gasteiger charge is -2.34. The van der Waals surface area contributed by atoms with Crippen LogP contribution in [0.5, 0.6) is 0 Å². The Bertz CT molecular complexity index is 701. The minimum Gasteiger partial charge on any atom is -0.335 e. The van der Waals surface area contributed by atoms with E-state index >= 15 is 0 Å². The molecule has 1 aliphatic rings. The summed E-state index contributed by atoms with van der Waals surface area (Å²) in [5.41, 5.74) is 0.901. The molecule has 26 heavy (non-hydrogen) atoms. The molecule has 6 nitrogen and oxygen atoms in total. The fourth-order valence-electron chi connectivity index (χ4n) is 3.38. The molecule has 0 bridgehead atoms. The van der Waals surface area contributed by atoms with Crippen molar-refractivity contribution in [3.05, 3.63) is 35.6 Å². The number of carbonyl (C=O) groups is 1. The number of sulfonamides is 1. The van der Waals surface area contributed by atoms with Crippen LogP contribution in [0, 0.1) is 5.82 Å². The Morgan fingerprint density at radius 2 is 1.88 bits per heavy atom. The molecule has 1 heterocycles. The lowest BCUT2D eigenvalue weighted by atomic mass is 10.1. The number of benzene rings is 1. The quantitative estimate of drug-likeness (QED) is 0.776. The van der Waals surface area contributed by atoms with Crippen LogP contribution in [0.15, 0.2) is 24.3 Å². The van der Waals surface area contributed by atoms with Crippen LogP contribution in [-0.4, -0.2) is 62.6 Å². The molecule has 1 N–H and O–H groups in total. The second kappa shape index (κ2) is 8.92. The maximum absolute atomic E-state index is 13.1. The standard InChI is InChI=1S/C18H28FN3O3S/c1-4-22(14(2)15-5-7-16(19)8-6-15)18(23)13-21-11-9-17(10-12-21)20-26(3,24)25/h5-8,14,17,20H,4,9-13H2,1-3H3. The zero-order valence-corrected chi connectivity index (χ0v) is 16.4. The van der Waals surface area contributed by atoms with E-state index in [1.807, 2.05) is 13.8 Å². The van der Waals surface area contributed by atoms with Crippen LogP contribution in [0.4, 0.5) is 4.39 Å². The first-order valence-corrected chi connectivity index (χ1v) is 10.8. The molecule has 1 unspecified atom stereocenters. The largest absolute Gasteiger partial charge is 0.335 e. The summed E-state index contributed by atoms with van der Waals surface area (Å²) in [6, 6.07) is 6.04. The molecule has 1 fully saturated rings. The minimum atomic E-state index is -3.20. The summed E-state index contributed by atoms with van der Waals surface area (Å²) in [5.74, 6) is -0.264. The van der Waals surface area contributed by atoms with Gasteiger partial charge in [-0.15, -0.1) is 0 Å². The van der Waals surface area contributed by atoms with Gasteiger partial charge < -0.3 is 4.90 Å². The van der Waals surface area contributed by atoms with Crippen LogP contribution in [0.2, 0.25) is 0 Å². The molecule has 1 amide bonds. The first-order valence-electron chi connectivity index (χ1n) is 8.94. The van der Waals surface area contributed by atoms with Gasteiger partial charge >= 0.3 is 0 Å². The molecule has 1 saturated heterocycles. The minimum absolute atomic E-state index is 0.0267. The van der Waals surface area contributed by atoms with E-state index < -0.39 is 10.0 Å². The van der Waals surface area contributed by atoms with Crippen LogP contribution in [0.25, 0.3) is 0 Å². The fourth-order valence-corrected chi connectivity index (χ4v) is 4.22. The number of nitrogens with zero attached hydrogens (tertiary/aromatic N) is 2. The summed E-state index contributed by atoms with van der Waals surface area (Å²) in [5, 5.41) is 0. The predicted molar refractivity (Wildman–Crippen MR) is 99.6 cm³/mol. The average Bonchev–Trinajstić information content (AvgIpc) is 2.56. The highest BCUT2D eigenvalue weighted by molar-refractivity contribution is 7.88. The molecule has 1 aliphatic heterocycles. The normalized spacial score (nSPS) is 17.8. The number of likely N-dealkylation sites (tertiary alicyclic amines) is 1. The van der Waals surface area contributed by atoms with E-state index in [1.165, 1.54) is 18.4 Å².